The smallest absolute Gasteiger partial charge is 0.410 e. The van der Waals surface area contributed by atoms with Crippen molar-refractivity contribution in [2.45, 2.75) is 59.5 Å². The molecule has 0 aromatic rings. The van der Waals surface area contributed by atoms with Gasteiger partial charge in [-0.3, -0.25) is 9.46 Å². The standard InChI is InChI=1S/C20H42N2O6P/c1-7-26-20(24)21-14-19(13-17(4)5)22(6,15-18(21)16-23)11-10-12-29(25,27-8-2)28-9-3/h17-19,23H,7-16H2,1-6H3/q+1/t18-,19+,22?/m1/s1. The third-order valence-corrected chi connectivity index (χ3v) is 7.73. The van der Waals surface area contributed by atoms with Gasteiger partial charge in [-0.15, -0.1) is 0 Å². The Balaban J connectivity index is 2.93. The number of quaternary nitrogens is 1. The van der Waals surface area contributed by atoms with Gasteiger partial charge in [0.25, 0.3) is 0 Å². The third kappa shape index (κ3) is 7.83. The van der Waals surface area contributed by atoms with Crippen LogP contribution in [0, 0.1) is 5.92 Å². The minimum Gasteiger partial charge on any atom is -0.450 e. The van der Waals surface area contributed by atoms with Gasteiger partial charge in [0.15, 0.2) is 0 Å². The molecule has 0 spiro atoms. The fourth-order valence-electron chi connectivity index (χ4n) is 4.22. The molecule has 1 aliphatic rings. The Morgan fingerprint density at radius 1 is 1.21 bits per heavy atom. The van der Waals surface area contributed by atoms with E-state index < -0.39 is 7.60 Å². The van der Waals surface area contributed by atoms with Crippen molar-refractivity contribution >= 4 is 13.7 Å². The number of likely N-dealkylation sites (N-methyl/N-ethyl adjacent to an activating group) is 1. The van der Waals surface area contributed by atoms with Crippen LogP contribution in [0.3, 0.4) is 0 Å². The van der Waals surface area contributed by atoms with Crippen LogP contribution < -0.4 is 0 Å². The number of ether oxygens (including phenoxy) is 1. The molecule has 0 aliphatic carbocycles. The van der Waals surface area contributed by atoms with E-state index in [-0.39, 0.29) is 24.8 Å². The predicted octanol–water partition coefficient (Wildman–Crippen LogP) is 3.34. The second-order valence-electron chi connectivity index (χ2n) is 8.38. The monoisotopic (exact) mass is 437 g/mol. The summed E-state index contributed by atoms with van der Waals surface area (Å²) in [7, 11) is -0.896. The van der Waals surface area contributed by atoms with E-state index in [2.05, 4.69) is 20.9 Å². The van der Waals surface area contributed by atoms with Gasteiger partial charge in [-0.2, -0.15) is 0 Å². The predicted molar refractivity (Wildman–Crippen MR) is 114 cm³/mol. The average Bonchev–Trinajstić information content (AvgIpc) is 2.63. The van der Waals surface area contributed by atoms with Gasteiger partial charge < -0.3 is 23.4 Å². The highest BCUT2D eigenvalue weighted by molar-refractivity contribution is 7.53. The number of aliphatic hydroxyl groups excluding tert-OH is 1. The number of aliphatic hydroxyl groups is 1. The van der Waals surface area contributed by atoms with E-state index in [1.807, 2.05) is 13.8 Å². The molecule has 8 nitrogen and oxygen atoms in total. The summed E-state index contributed by atoms with van der Waals surface area (Å²) in [6.45, 7) is 12.7. The molecule has 0 saturated carbocycles. The molecule has 1 saturated heterocycles. The Morgan fingerprint density at radius 2 is 1.83 bits per heavy atom. The Hall–Kier alpha value is -0.660. The molecule has 29 heavy (non-hydrogen) atoms. The largest absolute Gasteiger partial charge is 0.450 e. The fourth-order valence-corrected chi connectivity index (χ4v) is 5.87. The molecule has 1 aliphatic heterocycles. The Labute approximate surface area is 176 Å². The summed E-state index contributed by atoms with van der Waals surface area (Å²) in [4.78, 5) is 14.1. The normalized spacial score (nSPS) is 25.4. The van der Waals surface area contributed by atoms with Gasteiger partial charge in [0, 0.05) is 12.8 Å². The summed E-state index contributed by atoms with van der Waals surface area (Å²) in [5, 5.41) is 9.93. The van der Waals surface area contributed by atoms with E-state index in [9.17, 15) is 14.5 Å². The molecule has 172 valence electrons. The lowest BCUT2D eigenvalue weighted by Crippen LogP contribution is -2.69. The second kappa shape index (κ2) is 12.3. The number of carbonyl (C=O) groups excluding carboxylic acids is 1. The summed E-state index contributed by atoms with van der Waals surface area (Å²) in [5.74, 6) is 0.477. The van der Waals surface area contributed by atoms with Crippen molar-refractivity contribution in [2.75, 3.05) is 59.3 Å². The summed E-state index contributed by atoms with van der Waals surface area (Å²) in [5.41, 5.74) is 0. The first-order valence-corrected chi connectivity index (χ1v) is 12.6. The molecule has 0 aromatic carbocycles. The Morgan fingerprint density at radius 3 is 2.31 bits per heavy atom. The van der Waals surface area contributed by atoms with Crippen LogP contribution in [0.15, 0.2) is 0 Å². The van der Waals surface area contributed by atoms with Gasteiger partial charge in [-0.1, -0.05) is 13.8 Å². The molecule has 0 radical (unpaired) electrons. The van der Waals surface area contributed by atoms with Crippen LogP contribution in [0.1, 0.15) is 47.5 Å². The van der Waals surface area contributed by atoms with Gasteiger partial charge in [0.05, 0.1) is 52.7 Å². The number of amides is 1. The van der Waals surface area contributed by atoms with Crippen LogP contribution in [0.2, 0.25) is 0 Å². The molecule has 1 rings (SSSR count). The van der Waals surface area contributed by atoms with E-state index in [0.29, 0.717) is 51.4 Å². The maximum absolute atomic E-state index is 12.8. The van der Waals surface area contributed by atoms with Gasteiger partial charge in [-0.25, -0.2) is 4.79 Å². The Bertz CT molecular complexity index is 537. The zero-order chi connectivity index (χ0) is 22.1. The third-order valence-electron chi connectivity index (χ3n) is 5.57. The SMILES string of the molecule is CCOC(=O)N1C[C@H](CC(C)C)[N+](C)(CCCP(=O)(OCC)OCC)C[C@@H]1CO. The van der Waals surface area contributed by atoms with Crippen LogP contribution in [0.5, 0.6) is 0 Å². The summed E-state index contributed by atoms with van der Waals surface area (Å²) in [6.07, 6.45) is 1.67. The number of carbonyl (C=O) groups is 1. The van der Waals surface area contributed by atoms with Crippen molar-refractivity contribution in [1.82, 2.24) is 4.90 Å². The van der Waals surface area contributed by atoms with Crippen LogP contribution in [0.25, 0.3) is 0 Å². The zero-order valence-electron chi connectivity index (χ0n) is 19.1. The van der Waals surface area contributed by atoms with Gasteiger partial charge >= 0.3 is 13.7 Å². The number of nitrogens with zero attached hydrogens (tertiary/aromatic N) is 2. The van der Waals surface area contributed by atoms with Crippen molar-refractivity contribution in [3.8, 4) is 0 Å². The molecule has 0 aromatic heterocycles. The topological polar surface area (TPSA) is 85.3 Å². The van der Waals surface area contributed by atoms with Crippen molar-refractivity contribution < 1.29 is 32.7 Å². The van der Waals surface area contributed by atoms with E-state index in [1.165, 1.54) is 0 Å². The molecule has 1 fully saturated rings. The summed E-state index contributed by atoms with van der Waals surface area (Å²) in [6, 6.07) is -0.0613. The first kappa shape index (κ1) is 26.4. The van der Waals surface area contributed by atoms with Gasteiger partial charge in [0.1, 0.15) is 18.6 Å². The highest BCUT2D eigenvalue weighted by Gasteiger charge is 2.45. The first-order chi connectivity index (χ1) is 13.6. The van der Waals surface area contributed by atoms with Crippen LogP contribution in [-0.2, 0) is 18.3 Å². The molecule has 0 bridgehead atoms. The minimum atomic E-state index is -3.07. The molecule has 1 unspecified atom stereocenters. The van der Waals surface area contributed by atoms with Crippen molar-refractivity contribution in [3.63, 3.8) is 0 Å². The minimum absolute atomic E-state index is 0.0998. The summed E-state index contributed by atoms with van der Waals surface area (Å²) >= 11 is 0. The van der Waals surface area contributed by atoms with Gasteiger partial charge in [-0.05, 0) is 26.7 Å². The average molecular weight is 438 g/mol. The number of hydrogen-bond acceptors (Lipinski definition) is 6. The fraction of sp³-hybridized carbons (Fsp3) is 0.950. The lowest BCUT2D eigenvalue weighted by molar-refractivity contribution is -0.940. The second-order valence-corrected chi connectivity index (χ2v) is 10.6. The van der Waals surface area contributed by atoms with Crippen molar-refractivity contribution in [1.29, 1.82) is 0 Å². The van der Waals surface area contributed by atoms with E-state index in [0.717, 1.165) is 17.4 Å². The van der Waals surface area contributed by atoms with E-state index >= 15 is 0 Å². The van der Waals surface area contributed by atoms with Crippen LogP contribution in [0.4, 0.5) is 4.79 Å². The number of rotatable bonds is 12. The molecule has 1 amide bonds. The lowest BCUT2D eigenvalue weighted by atomic mass is 9.95. The maximum atomic E-state index is 12.8. The first-order valence-electron chi connectivity index (χ1n) is 10.9. The molecule has 9 heteroatoms. The van der Waals surface area contributed by atoms with E-state index in [4.69, 9.17) is 13.8 Å². The zero-order valence-corrected chi connectivity index (χ0v) is 20.0. The van der Waals surface area contributed by atoms with Gasteiger partial charge in [0.2, 0.25) is 0 Å². The highest BCUT2D eigenvalue weighted by atomic mass is 31.2. The van der Waals surface area contributed by atoms with Crippen molar-refractivity contribution in [2.24, 2.45) is 5.92 Å². The summed E-state index contributed by atoms with van der Waals surface area (Å²) < 4.78 is 29.6. The van der Waals surface area contributed by atoms with Crippen LogP contribution in [-0.4, -0.2) is 91.9 Å². The lowest BCUT2D eigenvalue weighted by Gasteiger charge is -2.51. The van der Waals surface area contributed by atoms with Crippen molar-refractivity contribution in [3.05, 3.63) is 0 Å². The van der Waals surface area contributed by atoms with E-state index in [1.54, 1.807) is 11.8 Å². The highest BCUT2D eigenvalue weighted by Crippen LogP contribution is 2.48. The molecular formula is C20H42N2O6P+. The molecular weight excluding hydrogens is 395 g/mol. The Kier molecular flexibility index (Phi) is 11.1. The quantitative estimate of drug-likeness (QED) is 0.372. The maximum Gasteiger partial charge on any atom is 0.410 e. The molecule has 1 heterocycles. The number of hydrogen-bond donors (Lipinski definition) is 1. The number of piperazine rings is 1. The van der Waals surface area contributed by atoms with Crippen LogP contribution >= 0.6 is 7.60 Å². The molecule has 1 N–H and O–H groups in total. The molecule has 3 atom stereocenters.